The maximum Gasteiger partial charge on any atom is 0.319 e. The molecule has 0 atom stereocenters. The van der Waals surface area contributed by atoms with E-state index in [0.29, 0.717) is 36.8 Å². The Balaban J connectivity index is 1.80. The van der Waals surface area contributed by atoms with Gasteiger partial charge in [0.2, 0.25) is 0 Å². The van der Waals surface area contributed by atoms with Gasteiger partial charge < -0.3 is 25.2 Å². The second kappa shape index (κ2) is 9.93. The van der Waals surface area contributed by atoms with Gasteiger partial charge in [0.1, 0.15) is 17.2 Å². The molecule has 0 aliphatic carbocycles. The first-order valence-corrected chi connectivity index (χ1v) is 8.34. The lowest BCUT2D eigenvalue weighted by Crippen LogP contribution is -2.29. The number of carboxylic acids is 1. The van der Waals surface area contributed by atoms with Crippen molar-refractivity contribution >= 4 is 17.7 Å². The van der Waals surface area contributed by atoms with Crippen molar-refractivity contribution in [2.24, 2.45) is 0 Å². The molecule has 2 rings (SSSR count). The molecule has 0 saturated carbocycles. The largest absolute Gasteiger partial charge is 0.494 e. The van der Waals surface area contributed by atoms with Gasteiger partial charge in [-0.1, -0.05) is 0 Å². The Labute approximate surface area is 151 Å². The number of amides is 2. The third-order valence-electron chi connectivity index (χ3n) is 3.34. The lowest BCUT2D eigenvalue weighted by atomic mass is 10.3. The monoisotopic (exact) mass is 358 g/mol. The van der Waals surface area contributed by atoms with Crippen LogP contribution < -0.4 is 20.1 Å². The number of carbonyl (C=O) groups is 2. The number of nitrogens with one attached hydrogen (secondary N) is 2. The molecule has 26 heavy (non-hydrogen) atoms. The van der Waals surface area contributed by atoms with Gasteiger partial charge in [-0.25, -0.2) is 4.79 Å². The second-order valence-electron chi connectivity index (χ2n) is 5.41. The number of rotatable bonds is 9. The van der Waals surface area contributed by atoms with Crippen LogP contribution in [0.15, 0.2) is 48.5 Å². The molecule has 3 N–H and O–H groups in total. The van der Waals surface area contributed by atoms with Crippen LogP contribution >= 0.6 is 0 Å². The fourth-order valence-corrected chi connectivity index (χ4v) is 2.13. The number of aliphatic carboxylic acids is 1. The number of carbonyl (C=O) groups excluding carboxylic acids is 1. The first-order chi connectivity index (χ1) is 12.6. The zero-order valence-electron chi connectivity index (χ0n) is 14.5. The summed E-state index contributed by atoms with van der Waals surface area (Å²) in [6, 6.07) is 13.9. The molecule has 0 heterocycles. The number of carboxylic acid groups (broad SMARTS) is 1. The number of hydrogen-bond donors (Lipinski definition) is 3. The number of ether oxygens (including phenoxy) is 2. The summed E-state index contributed by atoms with van der Waals surface area (Å²) in [7, 11) is 0. The third-order valence-corrected chi connectivity index (χ3v) is 3.34. The van der Waals surface area contributed by atoms with Gasteiger partial charge in [0.15, 0.2) is 0 Å². The summed E-state index contributed by atoms with van der Waals surface area (Å²) in [5, 5.41) is 13.8. The molecule has 0 aliphatic rings. The molecule has 0 bridgehead atoms. The molecular formula is C19H22N2O5. The van der Waals surface area contributed by atoms with E-state index in [0.717, 1.165) is 5.75 Å². The molecule has 7 nitrogen and oxygen atoms in total. The molecule has 0 fully saturated rings. The van der Waals surface area contributed by atoms with E-state index in [1.807, 2.05) is 31.2 Å². The van der Waals surface area contributed by atoms with Crippen LogP contribution in [-0.4, -0.2) is 30.3 Å². The topological polar surface area (TPSA) is 96.9 Å². The molecule has 0 aliphatic heterocycles. The van der Waals surface area contributed by atoms with E-state index in [2.05, 4.69) is 10.6 Å². The standard InChI is InChI=1S/C19H22N2O5/c1-2-25-15-9-11-17(12-10-15)26-16-7-5-14(6-8-16)21-19(24)20-13-3-4-18(22)23/h5-12H,2-4,13H2,1H3,(H,22,23)(H2,20,21,24). The van der Waals surface area contributed by atoms with E-state index >= 15 is 0 Å². The van der Waals surface area contributed by atoms with Crippen LogP contribution in [0.4, 0.5) is 10.5 Å². The van der Waals surface area contributed by atoms with Crippen LogP contribution in [0.25, 0.3) is 0 Å². The van der Waals surface area contributed by atoms with Gasteiger partial charge in [-0.05, 0) is 61.9 Å². The van der Waals surface area contributed by atoms with Gasteiger partial charge in [-0.3, -0.25) is 4.79 Å². The minimum absolute atomic E-state index is 0.0257. The first-order valence-electron chi connectivity index (χ1n) is 8.34. The van der Waals surface area contributed by atoms with Gasteiger partial charge in [-0.15, -0.1) is 0 Å². The van der Waals surface area contributed by atoms with E-state index in [4.69, 9.17) is 14.6 Å². The number of anilines is 1. The third kappa shape index (κ3) is 6.72. The highest BCUT2D eigenvalue weighted by molar-refractivity contribution is 5.89. The van der Waals surface area contributed by atoms with E-state index < -0.39 is 5.97 Å². The van der Waals surface area contributed by atoms with Gasteiger partial charge in [0, 0.05) is 18.7 Å². The van der Waals surface area contributed by atoms with Crippen molar-refractivity contribution in [1.29, 1.82) is 0 Å². The van der Waals surface area contributed by atoms with Gasteiger partial charge in [0.25, 0.3) is 0 Å². The summed E-state index contributed by atoms with van der Waals surface area (Å²) in [6.45, 7) is 2.84. The first kappa shape index (κ1) is 19.1. The normalized spacial score (nSPS) is 10.0. The van der Waals surface area contributed by atoms with Crippen molar-refractivity contribution in [2.45, 2.75) is 19.8 Å². The van der Waals surface area contributed by atoms with Crippen LogP contribution in [0.3, 0.4) is 0 Å². The van der Waals surface area contributed by atoms with Gasteiger partial charge >= 0.3 is 12.0 Å². The van der Waals surface area contributed by atoms with Crippen molar-refractivity contribution in [2.75, 3.05) is 18.5 Å². The molecule has 0 spiro atoms. The summed E-state index contributed by atoms with van der Waals surface area (Å²) in [4.78, 5) is 22.1. The summed E-state index contributed by atoms with van der Waals surface area (Å²) in [6.07, 6.45) is 0.412. The van der Waals surface area contributed by atoms with Gasteiger partial charge in [0.05, 0.1) is 6.61 Å². The molecular weight excluding hydrogens is 336 g/mol. The minimum Gasteiger partial charge on any atom is -0.494 e. The summed E-state index contributed by atoms with van der Waals surface area (Å²) < 4.78 is 11.1. The fourth-order valence-electron chi connectivity index (χ4n) is 2.13. The Hall–Kier alpha value is -3.22. The second-order valence-corrected chi connectivity index (χ2v) is 5.41. The molecule has 0 radical (unpaired) electrons. The Bertz CT molecular complexity index is 714. The highest BCUT2D eigenvalue weighted by Crippen LogP contribution is 2.25. The lowest BCUT2D eigenvalue weighted by Gasteiger charge is -2.09. The van der Waals surface area contributed by atoms with Crippen LogP contribution in [-0.2, 0) is 4.79 Å². The smallest absolute Gasteiger partial charge is 0.319 e. The molecule has 2 amide bonds. The summed E-state index contributed by atoms with van der Waals surface area (Å²) in [5.74, 6) is 1.23. The van der Waals surface area contributed by atoms with E-state index in [1.54, 1.807) is 24.3 Å². The van der Waals surface area contributed by atoms with E-state index in [9.17, 15) is 9.59 Å². The predicted molar refractivity (Wildman–Crippen MR) is 98.0 cm³/mol. The van der Waals surface area contributed by atoms with Crippen molar-refractivity contribution < 1.29 is 24.2 Å². The Morgan fingerprint density at radius 1 is 0.962 bits per heavy atom. The maximum atomic E-state index is 11.7. The molecule has 2 aromatic carbocycles. The summed E-state index contributed by atoms with van der Waals surface area (Å²) in [5.41, 5.74) is 0.611. The average Bonchev–Trinajstić information content (AvgIpc) is 2.62. The average molecular weight is 358 g/mol. The molecule has 0 aromatic heterocycles. The van der Waals surface area contributed by atoms with Crippen molar-refractivity contribution in [3.05, 3.63) is 48.5 Å². The van der Waals surface area contributed by atoms with Crippen molar-refractivity contribution in [3.8, 4) is 17.2 Å². The number of urea groups is 1. The van der Waals surface area contributed by atoms with Crippen LogP contribution in [0.5, 0.6) is 17.2 Å². The molecule has 0 unspecified atom stereocenters. The lowest BCUT2D eigenvalue weighted by molar-refractivity contribution is -0.137. The van der Waals surface area contributed by atoms with E-state index in [1.165, 1.54) is 0 Å². The highest BCUT2D eigenvalue weighted by Gasteiger charge is 2.03. The number of hydrogen-bond acceptors (Lipinski definition) is 4. The molecule has 138 valence electrons. The quantitative estimate of drug-likeness (QED) is 0.591. The molecule has 0 saturated heterocycles. The van der Waals surface area contributed by atoms with Crippen LogP contribution in [0.1, 0.15) is 19.8 Å². The Kier molecular flexibility index (Phi) is 7.30. The highest BCUT2D eigenvalue weighted by atomic mass is 16.5. The SMILES string of the molecule is CCOc1ccc(Oc2ccc(NC(=O)NCCCC(=O)O)cc2)cc1. The zero-order valence-corrected chi connectivity index (χ0v) is 14.5. The Morgan fingerprint density at radius 3 is 2.12 bits per heavy atom. The summed E-state index contributed by atoms with van der Waals surface area (Å²) >= 11 is 0. The minimum atomic E-state index is -0.879. The Morgan fingerprint density at radius 2 is 1.54 bits per heavy atom. The number of benzene rings is 2. The van der Waals surface area contributed by atoms with Gasteiger partial charge in [-0.2, -0.15) is 0 Å². The van der Waals surface area contributed by atoms with Crippen molar-refractivity contribution in [3.63, 3.8) is 0 Å². The maximum absolute atomic E-state index is 11.7. The van der Waals surface area contributed by atoms with Crippen molar-refractivity contribution in [1.82, 2.24) is 5.32 Å². The zero-order chi connectivity index (χ0) is 18.8. The van der Waals surface area contributed by atoms with Crippen LogP contribution in [0, 0.1) is 0 Å². The molecule has 2 aromatic rings. The van der Waals surface area contributed by atoms with E-state index in [-0.39, 0.29) is 12.5 Å². The predicted octanol–water partition coefficient (Wildman–Crippen LogP) is 3.86. The fraction of sp³-hybridized carbons (Fsp3) is 0.263. The molecule has 7 heteroatoms. The van der Waals surface area contributed by atoms with Crippen LogP contribution in [0.2, 0.25) is 0 Å².